The number of amides is 1. The first-order valence-electron chi connectivity index (χ1n) is 5.80. The van der Waals surface area contributed by atoms with Gasteiger partial charge in [0.15, 0.2) is 0 Å². The van der Waals surface area contributed by atoms with Crippen molar-refractivity contribution in [2.24, 2.45) is 7.05 Å². The van der Waals surface area contributed by atoms with Crippen molar-refractivity contribution >= 4 is 5.91 Å². The largest absolute Gasteiger partial charge is 0.383 e. The Labute approximate surface area is 106 Å². The second kappa shape index (κ2) is 7.62. The lowest BCUT2D eigenvalue weighted by Crippen LogP contribution is -2.36. The lowest BCUT2D eigenvalue weighted by Gasteiger charge is -2.07. The summed E-state index contributed by atoms with van der Waals surface area (Å²) in [7, 11) is 3.25. The van der Waals surface area contributed by atoms with Gasteiger partial charge < -0.3 is 19.9 Å². The Morgan fingerprint density at radius 2 is 2.17 bits per heavy atom. The monoisotopic (exact) mass is 253 g/mol. The van der Waals surface area contributed by atoms with Crippen LogP contribution >= 0.6 is 0 Å². The van der Waals surface area contributed by atoms with Crippen LogP contribution in [0.25, 0.3) is 0 Å². The van der Waals surface area contributed by atoms with E-state index in [9.17, 15) is 9.59 Å². The number of aromatic nitrogens is 1. The molecule has 1 amide bonds. The summed E-state index contributed by atoms with van der Waals surface area (Å²) >= 11 is 0. The Kier molecular flexibility index (Phi) is 6.10. The minimum atomic E-state index is -0.343. The molecule has 0 aromatic carbocycles. The first-order chi connectivity index (χ1) is 8.66. The van der Waals surface area contributed by atoms with Gasteiger partial charge in [0.05, 0.1) is 6.61 Å². The fourth-order valence-corrected chi connectivity index (χ4v) is 1.43. The third-order valence-corrected chi connectivity index (χ3v) is 2.44. The van der Waals surface area contributed by atoms with Crippen molar-refractivity contribution in [2.45, 2.75) is 0 Å². The number of rotatable bonds is 7. The van der Waals surface area contributed by atoms with Crippen LogP contribution in [0.3, 0.4) is 0 Å². The summed E-state index contributed by atoms with van der Waals surface area (Å²) in [6.07, 6.45) is 1.62. The van der Waals surface area contributed by atoms with Crippen LogP contribution in [-0.2, 0) is 11.8 Å². The van der Waals surface area contributed by atoms with Crippen LogP contribution in [0.1, 0.15) is 10.4 Å². The zero-order valence-electron chi connectivity index (χ0n) is 10.7. The van der Waals surface area contributed by atoms with E-state index in [-0.39, 0.29) is 17.0 Å². The van der Waals surface area contributed by atoms with Crippen molar-refractivity contribution in [2.75, 3.05) is 33.4 Å². The molecule has 18 heavy (non-hydrogen) atoms. The number of pyridine rings is 1. The van der Waals surface area contributed by atoms with Gasteiger partial charge in [-0.05, 0) is 12.1 Å². The highest BCUT2D eigenvalue weighted by Gasteiger charge is 2.09. The summed E-state index contributed by atoms with van der Waals surface area (Å²) in [4.78, 5) is 23.4. The standard InChI is InChI=1S/C12H19N3O3/c1-15-8-3-4-10(12(15)17)11(16)14-6-5-13-7-9-18-2/h3-4,8,13H,5-7,9H2,1-2H3,(H,14,16). The molecule has 0 saturated carbocycles. The minimum absolute atomic E-state index is 0.164. The molecular weight excluding hydrogens is 234 g/mol. The molecule has 0 radical (unpaired) electrons. The number of nitrogens with zero attached hydrogens (tertiary/aromatic N) is 1. The number of carbonyl (C=O) groups is 1. The zero-order valence-corrected chi connectivity index (χ0v) is 10.7. The van der Waals surface area contributed by atoms with Gasteiger partial charge in [-0.1, -0.05) is 0 Å². The third-order valence-electron chi connectivity index (χ3n) is 2.44. The van der Waals surface area contributed by atoms with Crippen molar-refractivity contribution in [1.29, 1.82) is 0 Å². The van der Waals surface area contributed by atoms with Gasteiger partial charge in [0, 0.05) is 40.0 Å². The van der Waals surface area contributed by atoms with E-state index in [1.54, 1.807) is 26.4 Å². The number of hydrogen-bond acceptors (Lipinski definition) is 4. The van der Waals surface area contributed by atoms with E-state index < -0.39 is 0 Å². The normalized spacial score (nSPS) is 10.3. The van der Waals surface area contributed by atoms with Crippen molar-refractivity contribution in [1.82, 2.24) is 15.2 Å². The molecule has 0 aliphatic rings. The minimum Gasteiger partial charge on any atom is -0.383 e. The molecule has 1 aromatic heterocycles. The Morgan fingerprint density at radius 3 is 2.89 bits per heavy atom. The summed E-state index contributed by atoms with van der Waals surface area (Å²) in [6, 6.07) is 3.20. The highest BCUT2D eigenvalue weighted by Crippen LogP contribution is 1.90. The van der Waals surface area contributed by atoms with Crippen molar-refractivity contribution in [3.05, 3.63) is 34.2 Å². The molecule has 1 aromatic rings. The maximum atomic E-state index is 11.7. The van der Waals surface area contributed by atoms with E-state index in [2.05, 4.69) is 10.6 Å². The number of nitrogens with one attached hydrogen (secondary N) is 2. The Balaban J connectivity index is 2.37. The van der Waals surface area contributed by atoms with Crippen molar-refractivity contribution < 1.29 is 9.53 Å². The lowest BCUT2D eigenvalue weighted by atomic mass is 10.2. The number of carbonyl (C=O) groups excluding carboxylic acids is 1. The van der Waals surface area contributed by atoms with Gasteiger partial charge in [-0.3, -0.25) is 9.59 Å². The van der Waals surface area contributed by atoms with Crippen LogP contribution in [0.2, 0.25) is 0 Å². The molecule has 100 valence electrons. The van der Waals surface area contributed by atoms with E-state index in [0.29, 0.717) is 19.7 Å². The summed E-state index contributed by atoms with van der Waals surface area (Å²) in [5.74, 6) is -0.343. The average molecular weight is 253 g/mol. The predicted molar refractivity (Wildman–Crippen MR) is 68.8 cm³/mol. The van der Waals surface area contributed by atoms with E-state index in [1.807, 2.05) is 0 Å². The first-order valence-corrected chi connectivity index (χ1v) is 5.80. The molecule has 0 atom stereocenters. The van der Waals surface area contributed by atoms with Crippen molar-refractivity contribution in [3.8, 4) is 0 Å². The fourth-order valence-electron chi connectivity index (χ4n) is 1.43. The van der Waals surface area contributed by atoms with Gasteiger partial charge in [-0.25, -0.2) is 0 Å². The van der Waals surface area contributed by atoms with Crippen LogP contribution in [0.5, 0.6) is 0 Å². The average Bonchev–Trinajstić information content (AvgIpc) is 2.36. The third kappa shape index (κ3) is 4.31. The van der Waals surface area contributed by atoms with E-state index >= 15 is 0 Å². The highest BCUT2D eigenvalue weighted by atomic mass is 16.5. The molecule has 0 bridgehead atoms. The molecule has 6 heteroatoms. The van der Waals surface area contributed by atoms with Crippen molar-refractivity contribution in [3.63, 3.8) is 0 Å². The molecule has 1 rings (SSSR count). The van der Waals surface area contributed by atoms with Gasteiger partial charge in [-0.2, -0.15) is 0 Å². The molecular formula is C12H19N3O3. The van der Waals surface area contributed by atoms with Crippen LogP contribution in [-0.4, -0.2) is 43.8 Å². The zero-order chi connectivity index (χ0) is 13.4. The van der Waals surface area contributed by atoms with Gasteiger partial charge in [0.1, 0.15) is 5.56 Å². The smallest absolute Gasteiger partial charge is 0.263 e. The van der Waals surface area contributed by atoms with Crippen LogP contribution < -0.4 is 16.2 Å². The second-order valence-corrected chi connectivity index (χ2v) is 3.84. The lowest BCUT2D eigenvalue weighted by molar-refractivity contribution is 0.0951. The Bertz CT molecular complexity index is 442. The molecule has 0 fully saturated rings. The molecule has 6 nitrogen and oxygen atoms in total. The fraction of sp³-hybridized carbons (Fsp3) is 0.500. The topological polar surface area (TPSA) is 72.4 Å². The van der Waals surface area contributed by atoms with Gasteiger partial charge in [-0.15, -0.1) is 0 Å². The molecule has 1 heterocycles. The number of hydrogen-bond donors (Lipinski definition) is 2. The first kappa shape index (κ1) is 14.4. The summed E-state index contributed by atoms with van der Waals surface area (Å²) in [5, 5.41) is 5.78. The maximum Gasteiger partial charge on any atom is 0.263 e. The van der Waals surface area contributed by atoms with Gasteiger partial charge in [0.25, 0.3) is 11.5 Å². The van der Waals surface area contributed by atoms with Crippen LogP contribution in [0.15, 0.2) is 23.1 Å². The molecule has 2 N–H and O–H groups in total. The van der Waals surface area contributed by atoms with Gasteiger partial charge in [0.2, 0.25) is 0 Å². The molecule has 0 saturated heterocycles. The SMILES string of the molecule is COCCNCCNC(=O)c1cccn(C)c1=O. The maximum absolute atomic E-state index is 11.7. The highest BCUT2D eigenvalue weighted by molar-refractivity contribution is 5.93. The molecule has 0 aliphatic heterocycles. The van der Waals surface area contributed by atoms with Gasteiger partial charge >= 0.3 is 0 Å². The second-order valence-electron chi connectivity index (χ2n) is 3.84. The molecule has 0 unspecified atom stereocenters. The number of aryl methyl sites for hydroxylation is 1. The molecule has 0 aliphatic carbocycles. The summed E-state index contributed by atoms with van der Waals surface area (Å²) in [5.41, 5.74) is -0.126. The Hall–Kier alpha value is -1.66. The van der Waals surface area contributed by atoms with Crippen LogP contribution in [0, 0.1) is 0 Å². The summed E-state index contributed by atoms with van der Waals surface area (Å²) < 4.78 is 6.25. The number of methoxy groups -OCH3 is 1. The quantitative estimate of drug-likeness (QED) is 0.634. The van der Waals surface area contributed by atoms with E-state index in [0.717, 1.165) is 6.54 Å². The number of ether oxygens (including phenoxy) is 1. The van der Waals surface area contributed by atoms with Crippen LogP contribution in [0.4, 0.5) is 0 Å². The van der Waals surface area contributed by atoms with E-state index in [1.165, 1.54) is 10.6 Å². The van der Waals surface area contributed by atoms with E-state index in [4.69, 9.17) is 4.74 Å². The summed E-state index contributed by atoms with van der Waals surface area (Å²) in [6.45, 7) is 2.48. The predicted octanol–water partition coefficient (Wildman–Crippen LogP) is -0.649. The Morgan fingerprint density at radius 1 is 1.39 bits per heavy atom. The molecule has 0 spiro atoms.